The van der Waals surface area contributed by atoms with Gasteiger partial charge < -0.3 is 20.2 Å². The lowest BCUT2D eigenvalue weighted by atomic mass is 10.1. The number of imidazole rings is 2. The van der Waals surface area contributed by atoms with Crippen LogP contribution >= 0.6 is 37.2 Å². The summed E-state index contributed by atoms with van der Waals surface area (Å²) in [5.74, 6) is -0.145. The molecule has 2 heterocycles. The zero-order valence-corrected chi connectivity index (χ0v) is 18.3. The summed E-state index contributed by atoms with van der Waals surface area (Å²) in [5, 5.41) is 2.88. The molecule has 3 N–H and O–H groups in total. The molecule has 3 rings (SSSR count). The second-order valence-corrected chi connectivity index (χ2v) is 6.28. The van der Waals surface area contributed by atoms with Gasteiger partial charge in [0.2, 0.25) is 5.91 Å². The normalized spacial score (nSPS) is 10.8. The molecule has 0 aliphatic heterocycles. The zero-order valence-electron chi connectivity index (χ0n) is 15.9. The Labute approximate surface area is 189 Å². The highest BCUT2D eigenvalue weighted by Gasteiger charge is 2.15. The van der Waals surface area contributed by atoms with Gasteiger partial charge in [0.1, 0.15) is 0 Å². The molecule has 1 aromatic carbocycles. The second kappa shape index (κ2) is 14.0. The minimum Gasteiger partial charge on any atom is -0.355 e. The molecular weight excluding hydrogens is 435 g/mol. The quantitative estimate of drug-likeness (QED) is 0.479. The number of carbonyl (C=O) groups is 1. The third-order valence-corrected chi connectivity index (χ3v) is 4.11. The monoisotopic (exact) mass is 460 g/mol. The number of aromatic nitrogens is 4. The SMILES string of the molecule is Cl.Cl.Cl.N[C@@H](Cc1cn(Cc2ccccc2)cn1)C(=O)NCCCn1ccnc1. The molecule has 0 bridgehead atoms. The van der Waals surface area contributed by atoms with E-state index in [0.717, 1.165) is 25.2 Å². The van der Waals surface area contributed by atoms with Crippen molar-refractivity contribution in [3.8, 4) is 0 Å². The Hall–Kier alpha value is -2.06. The van der Waals surface area contributed by atoms with E-state index in [1.165, 1.54) is 5.56 Å². The molecule has 0 saturated heterocycles. The highest BCUT2D eigenvalue weighted by atomic mass is 35.5. The summed E-state index contributed by atoms with van der Waals surface area (Å²) in [6, 6.07) is 9.57. The second-order valence-electron chi connectivity index (χ2n) is 6.28. The maximum atomic E-state index is 12.1. The highest BCUT2D eigenvalue weighted by Crippen LogP contribution is 2.05. The number of nitrogens with two attached hydrogens (primary N) is 1. The van der Waals surface area contributed by atoms with E-state index < -0.39 is 6.04 Å². The predicted molar refractivity (Wildman–Crippen MR) is 121 cm³/mol. The summed E-state index contributed by atoms with van der Waals surface area (Å²) in [6.07, 6.45) is 10.4. The predicted octanol–water partition coefficient (Wildman–Crippen LogP) is 2.47. The summed E-state index contributed by atoms with van der Waals surface area (Å²) in [5.41, 5.74) is 8.04. The molecule has 0 radical (unpaired) electrons. The largest absolute Gasteiger partial charge is 0.355 e. The van der Waals surface area contributed by atoms with Crippen LogP contribution in [0.3, 0.4) is 0 Å². The Morgan fingerprint density at radius 2 is 1.86 bits per heavy atom. The van der Waals surface area contributed by atoms with Crippen molar-refractivity contribution in [3.63, 3.8) is 0 Å². The number of amides is 1. The van der Waals surface area contributed by atoms with E-state index in [2.05, 4.69) is 27.4 Å². The van der Waals surface area contributed by atoms with Gasteiger partial charge in [0, 0.05) is 44.6 Å². The van der Waals surface area contributed by atoms with Gasteiger partial charge in [0.05, 0.1) is 24.4 Å². The maximum Gasteiger partial charge on any atom is 0.237 e. The molecule has 1 atom stereocenters. The van der Waals surface area contributed by atoms with E-state index in [1.807, 2.05) is 39.7 Å². The Bertz CT molecular complexity index is 810. The fourth-order valence-electron chi connectivity index (χ4n) is 2.73. The van der Waals surface area contributed by atoms with Gasteiger partial charge in [0.25, 0.3) is 0 Å². The van der Waals surface area contributed by atoms with Crippen molar-refractivity contribution in [2.45, 2.75) is 32.0 Å². The molecule has 2 aromatic heterocycles. The van der Waals surface area contributed by atoms with E-state index >= 15 is 0 Å². The lowest BCUT2D eigenvalue weighted by Crippen LogP contribution is -2.42. The molecule has 10 heteroatoms. The van der Waals surface area contributed by atoms with Gasteiger partial charge in [-0.05, 0) is 12.0 Å². The minimum atomic E-state index is -0.594. The van der Waals surface area contributed by atoms with Crippen LogP contribution in [-0.2, 0) is 24.3 Å². The molecule has 0 saturated carbocycles. The number of hydrogen-bond donors (Lipinski definition) is 2. The van der Waals surface area contributed by atoms with Crippen LogP contribution < -0.4 is 11.1 Å². The lowest BCUT2D eigenvalue weighted by molar-refractivity contribution is -0.122. The third-order valence-electron chi connectivity index (χ3n) is 4.11. The summed E-state index contributed by atoms with van der Waals surface area (Å²) >= 11 is 0. The van der Waals surface area contributed by atoms with Gasteiger partial charge in [-0.3, -0.25) is 4.79 Å². The fourth-order valence-corrected chi connectivity index (χ4v) is 2.73. The van der Waals surface area contributed by atoms with Gasteiger partial charge in [0.15, 0.2) is 0 Å². The first kappa shape index (κ1) is 26.9. The standard InChI is InChI=1S/C19H24N6O.3ClH/c20-18(19(26)22-7-4-9-24-10-8-21-14-24)11-17-13-25(15-23-17)12-16-5-2-1-3-6-16;;;/h1-3,5-6,8,10,13-15,18H,4,7,9,11-12,20H2,(H,22,26);3*1H/t18-;;;/m0.../s1. The van der Waals surface area contributed by atoms with Crippen molar-refractivity contribution in [2.75, 3.05) is 6.54 Å². The molecule has 0 aliphatic rings. The Morgan fingerprint density at radius 3 is 2.55 bits per heavy atom. The van der Waals surface area contributed by atoms with Crippen molar-refractivity contribution in [3.05, 3.63) is 72.8 Å². The molecule has 0 aliphatic carbocycles. The van der Waals surface area contributed by atoms with Crippen LogP contribution in [-0.4, -0.2) is 37.6 Å². The lowest BCUT2D eigenvalue weighted by Gasteiger charge is -2.11. The molecule has 1 amide bonds. The van der Waals surface area contributed by atoms with E-state index in [1.54, 1.807) is 18.9 Å². The van der Waals surface area contributed by atoms with Gasteiger partial charge in [-0.2, -0.15) is 0 Å². The summed E-state index contributed by atoms with van der Waals surface area (Å²) in [4.78, 5) is 20.5. The van der Waals surface area contributed by atoms with Gasteiger partial charge in [-0.1, -0.05) is 30.3 Å². The van der Waals surface area contributed by atoms with E-state index in [9.17, 15) is 4.79 Å². The van der Waals surface area contributed by atoms with Crippen molar-refractivity contribution in [1.29, 1.82) is 0 Å². The van der Waals surface area contributed by atoms with Crippen molar-refractivity contribution in [1.82, 2.24) is 24.4 Å². The molecule has 160 valence electrons. The average Bonchev–Trinajstić information content (AvgIpc) is 3.31. The van der Waals surface area contributed by atoms with Crippen molar-refractivity contribution < 1.29 is 4.79 Å². The van der Waals surface area contributed by atoms with Crippen LogP contribution in [0.4, 0.5) is 0 Å². The summed E-state index contributed by atoms with van der Waals surface area (Å²) in [6.45, 7) is 2.16. The van der Waals surface area contributed by atoms with Crippen molar-refractivity contribution in [2.24, 2.45) is 5.73 Å². The first-order chi connectivity index (χ1) is 12.7. The van der Waals surface area contributed by atoms with E-state index in [0.29, 0.717) is 13.0 Å². The van der Waals surface area contributed by atoms with Crippen LogP contribution in [0, 0.1) is 0 Å². The Balaban J connectivity index is 0.00000261. The van der Waals surface area contributed by atoms with Gasteiger partial charge in [-0.25, -0.2) is 9.97 Å². The molecule has 3 aromatic rings. The first-order valence-electron chi connectivity index (χ1n) is 8.74. The van der Waals surface area contributed by atoms with Crippen LogP contribution in [0.2, 0.25) is 0 Å². The number of nitrogens with one attached hydrogen (secondary N) is 1. The van der Waals surface area contributed by atoms with E-state index in [-0.39, 0.29) is 43.1 Å². The van der Waals surface area contributed by atoms with Gasteiger partial charge >= 0.3 is 0 Å². The van der Waals surface area contributed by atoms with Gasteiger partial charge in [-0.15, -0.1) is 37.2 Å². The molecule has 0 spiro atoms. The Morgan fingerprint density at radius 1 is 1.10 bits per heavy atom. The zero-order chi connectivity index (χ0) is 18.2. The number of halogens is 3. The first-order valence-corrected chi connectivity index (χ1v) is 8.74. The Kier molecular flexibility index (Phi) is 13.0. The van der Waals surface area contributed by atoms with Crippen LogP contribution in [0.25, 0.3) is 0 Å². The van der Waals surface area contributed by atoms with Crippen LogP contribution in [0.5, 0.6) is 0 Å². The molecule has 7 nitrogen and oxygen atoms in total. The number of nitrogens with zero attached hydrogens (tertiary/aromatic N) is 4. The fraction of sp³-hybridized carbons (Fsp3) is 0.316. The number of hydrogen-bond acceptors (Lipinski definition) is 4. The smallest absolute Gasteiger partial charge is 0.237 e. The third kappa shape index (κ3) is 8.87. The number of rotatable bonds is 9. The average molecular weight is 462 g/mol. The highest BCUT2D eigenvalue weighted by molar-refractivity contribution is 5.86. The molecular formula is C19H27Cl3N6O. The number of carbonyl (C=O) groups excluding carboxylic acids is 1. The topological polar surface area (TPSA) is 90.8 Å². The minimum absolute atomic E-state index is 0. The molecule has 29 heavy (non-hydrogen) atoms. The maximum absolute atomic E-state index is 12.1. The van der Waals surface area contributed by atoms with Crippen LogP contribution in [0.1, 0.15) is 17.7 Å². The van der Waals surface area contributed by atoms with E-state index in [4.69, 9.17) is 5.73 Å². The molecule has 0 unspecified atom stereocenters. The van der Waals surface area contributed by atoms with Crippen LogP contribution in [0.15, 0.2) is 61.6 Å². The summed E-state index contributed by atoms with van der Waals surface area (Å²) < 4.78 is 3.98. The van der Waals surface area contributed by atoms with Crippen molar-refractivity contribution >= 4 is 43.1 Å². The number of benzene rings is 1. The molecule has 0 fully saturated rings. The number of aryl methyl sites for hydroxylation is 1. The summed E-state index contributed by atoms with van der Waals surface area (Å²) in [7, 11) is 0.